The van der Waals surface area contributed by atoms with Crippen LogP contribution < -0.4 is 14.8 Å². The lowest BCUT2D eigenvalue weighted by Crippen LogP contribution is -2.24. The molecular weight excluding hydrogens is 329 g/mol. The van der Waals surface area contributed by atoms with Gasteiger partial charge in [0.2, 0.25) is 5.91 Å². The first-order chi connectivity index (χ1) is 11.6. The van der Waals surface area contributed by atoms with Crippen LogP contribution in [0.15, 0.2) is 42.5 Å². The van der Waals surface area contributed by atoms with E-state index >= 15 is 0 Å². The van der Waals surface area contributed by atoms with Gasteiger partial charge in [-0.3, -0.25) is 4.79 Å². The second kappa shape index (κ2) is 9.17. The van der Waals surface area contributed by atoms with E-state index in [-0.39, 0.29) is 17.5 Å². The summed E-state index contributed by atoms with van der Waals surface area (Å²) in [5, 5.41) is 2.86. The lowest BCUT2D eigenvalue weighted by molar-refractivity contribution is -0.118. The largest absolute Gasteiger partial charge is 0.497 e. The predicted molar refractivity (Wildman–Crippen MR) is 94.0 cm³/mol. The van der Waals surface area contributed by atoms with Crippen LogP contribution >= 0.6 is 11.8 Å². The van der Waals surface area contributed by atoms with Crippen molar-refractivity contribution in [3.05, 3.63) is 59.4 Å². The molecule has 4 nitrogen and oxygen atoms in total. The number of carbonyl (C=O) groups excluding carboxylic acids is 1. The van der Waals surface area contributed by atoms with Gasteiger partial charge in [0.05, 0.1) is 20.0 Å². The van der Waals surface area contributed by atoms with E-state index in [2.05, 4.69) is 5.32 Å². The maximum atomic E-state index is 13.6. The number of ether oxygens (including phenoxy) is 2. The van der Waals surface area contributed by atoms with Crippen LogP contribution in [0.1, 0.15) is 11.1 Å². The minimum atomic E-state index is -0.389. The molecule has 0 aliphatic heterocycles. The smallest absolute Gasteiger partial charge is 0.230 e. The zero-order valence-electron chi connectivity index (χ0n) is 13.7. The molecule has 0 aliphatic rings. The van der Waals surface area contributed by atoms with Crippen LogP contribution in [0.4, 0.5) is 4.39 Å². The molecule has 0 aliphatic carbocycles. The fourth-order valence-corrected chi connectivity index (χ4v) is 2.86. The highest BCUT2D eigenvalue weighted by atomic mass is 32.2. The van der Waals surface area contributed by atoms with Crippen molar-refractivity contribution >= 4 is 17.7 Å². The molecule has 1 N–H and O–H groups in total. The van der Waals surface area contributed by atoms with Crippen molar-refractivity contribution in [1.29, 1.82) is 0 Å². The summed E-state index contributed by atoms with van der Waals surface area (Å²) in [4.78, 5) is 11.8. The van der Waals surface area contributed by atoms with E-state index in [1.165, 1.54) is 24.9 Å². The fourth-order valence-electron chi connectivity index (χ4n) is 2.06. The van der Waals surface area contributed by atoms with Crippen LogP contribution in [0.3, 0.4) is 0 Å². The number of benzene rings is 2. The number of hydrogen-bond acceptors (Lipinski definition) is 4. The van der Waals surface area contributed by atoms with Crippen molar-refractivity contribution in [3.8, 4) is 11.5 Å². The number of carbonyl (C=O) groups is 1. The number of rotatable bonds is 8. The topological polar surface area (TPSA) is 47.6 Å². The Kier molecular flexibility index (Phi) is 6.93. The first-order valence-corrected chi connectivity index (χ1v) is 8.57. The van der Waals surface area contributed by atoms with Crippen LogP contribution in [0.2, 0.25) is 0 Å². The maximum absolute atomic E-state index is 13.6. The molecular formula is C18H20FNO3S. The lowest BCUT2D eigenvalue weighted by Gasteiger charge is -2.07. The van der Waals surface area contributed by atoms with Gasteiger partial charge in [0.1, 0.15) is 5.75 Å². The fraction of sp³-hybridized carbons (Fsp3) is 0.278. The normalized spacial score (nSPS) is 10.3. The highest BCUT2D eigenvalue weighted by Gasteiger charge is 2.06. The minimum absolute atomic E-state index is 0.0511. The van der Waals surface area contributed by atoms with E-state index in [1.807, 2.05) is 24.3 Å². The molecule has 0 fully saturated rings. The van der Waals surface area contributed by atoms with Crippen molar-refractivity contribution < 1.29 is 18.7 Å². The molecule has 0 radical (unpaired) electrons. The molecule has 0 atom stereocenters. The average Bonchev–Trinajstić information content (AvgIpc) is 2.60. The minimum Gasteiger partial charge on any atom is -0.497 e. The van der Waals surface area contributed by atoms with Crippen LogP contribution in [-0.4, -0.2) is 25.9 Å². The Balaban J connectivity index is 1.72. The van der Waals surface area contributed by atoms with Crippen LogP contribution in [-0.2, 0) is 17.1 Å². The molecule has 0 aromatic heterocycles. The summed E-state index contributed by atoms with van der Waals surface area (Å²) in [5.74, 6) is 1.46. The van der Waals surface area contributed by atoms with E-state index in [4.69, 9.17) is 9.47 Å². The third-order valence-corrected chi connectivity index (χ3v) is 4.37. The lowest BCUT2D eigenvalue weighted by atomic mass is 10.2. The van der Waals surface area contributed by atoms with Gasteiger partial charge in [0.15, 0.2) is 11.6 Å². The van der Waals surface area contributed by atoms with Gasteiger partial charge in [-0.15, -0.1) is 11.8 Å². The zero-order chi connectivity index (χ0) is 17.4. The van der Waals surface area contributed by atoms with Gasteiger partial charge in [-0.1, -0.05) is 18.2 Å². The van der Waals surface area contributed by atoms with E-state index in [1.54, 1.807) is 19.2 Å². The van der Waals surface area contributed by atoms with Gasteiger partial charge in [-0.05, 0) is 35.4 Å². The molecule has 2 rings (SSSR count). The summed E-state index contributed by atoms with van der Waals surface area (Å²) in [6.07, 6.45) is 0. The molecule has 0 unspecified atom stereocenters. The number of nitrogens with one attached hydrogen (secondary N) is 1. The SMILES string of the molecule is COc1ccc(CNC(=O)CSCc2ccc(OC)c(F)c2)cc1. The van der Waals surface area contributed by atoms with E-state index in [0.717, 1.165) is 16.9 Å². The van der Waals surface area contributed by atoms with Crippen molar-refractivity contribution in [2.24, 2.45) is 0 Å². The molecule has 0 bridgehead atoms. The van der Waals surface area contributed by atoms with Crippen LogP contribution in [0.5, 0.6) is 11.5 Å². The second-order valence-corrected chi connectivity index (χ2v) is 6.07. The van der Waals surface area contributed by atoms with E-state index in [9.17, 15) is 9.18 Å². The Bertz CT molecular complexity index is 676. The van der Waals surface area contributed by atoms with Gasteiger partial charge in [0, 0.05) is 12.3 Å². The monoisotopic (exact) mass is 349 g/mol. The molecule has 0 heterocycles. The number of thioether (sulfide) groups is 1. The Morgan fingerprint density at radius 2 is 1.79 bits per heavy atom. The Morgan fingerprint density at radius 3 is 2.42 bits per heavy atom. The number of halogens is 1. The quantitative estimate of drug-likeness (QED) is 0.794. The van der Waals surface area contributed by atoms with Gasteiger partial charge in [-0.2, -0.15) is 0 Å². The molecule has 2 aromatic carbocycles. The summed E-state index contributed by atoms with van der Waals surface area (Å²) < 4.78 is 23.5. The summed E-state index contributed by atoms with van der Waals surface area (Å²) in [5.41, 5.74) is 1.83. The Morgan fingerprint density at radius 1 is 1.08 bits per heavy atom. The maximum Gasteiger partial charge on any atom is 0.230 e. The highest BCUT2D eigenvalue weighted by molar-refractivity contribution is 7.99. The summed E-state index contributed by atoms with van der Waals surface area (Å²) >= 11 is 1.44. The number of methoxy groups -OCH3 is 2. The molecule has 0 saturated carbocycles. The van der Waals surface area contributed by atoms with E-state index < -0.39 is 0 Å². The average molecular weight is 349 g/mol. The second-order valence-electron chi connectivity index (χ2n) is 5.09. The van der Waals surface area contributed by atoms with Gasteiger partial charge in [-0.25, -0.2) is 4.39 Å². The third-order valence-electron chi connectivity index (χ3n) is 3.37. The molecule has 2 aromatic rings. The van der Waals surface area contributed by atoms with Crippen LogP contribution in [0, 0.1) is 5.82 Å². The molecule has 0 saturated heterocycles. The first kappa shape index (κ1) is 18.1. The van der Waals surface area contributed by atoms with Gasteiger partial charge >= 0.3 is 0 Å². The third kappa shape index (κ3) is 5.45. The summed E-state index contributed by atoms with van der Waals surface area (Å²) in [6, 6.07) is 12.3. The molecule has 128 valence electrons. The number of hydrogen-bond donors (Lipinski definition) is 1. The Labute approximate surface area is 145 Å². The Hall–Kier alpha value is -2.21. The van der Waals surface area contributed by atoms with E-state index in [0.29, 0.717) is 18.1 Å². The first-order valence-electron chi connectivity index (χ1n) is 7.42. The summed E-state index contributed by atoms with van der Waals surface area (Å²) in [7, 11) is 3.04. The highest BCUT2D eigenvalue weighted by Crippen LogP contribution is 2.20. The van der Waals surface area contributed by atoms with Crippen molar-refractivity contribution in [1.82, 2.24) is 5.32 Å². The van der Waals surface area contributed by atoms with Crippen molar-refractivity contribution in [2.45, 2.75) is 12.3 Å². The zero-order valence-corrected chi connectivity index (χ0v) is 14.5. The molecule has 6 heteroatoms. The molecule has 1 amide bonds. The van der Waals surface area contributed by atoms with Gasteiger partial charge < -0.3 is 14.8 Å². The van der Waals surface area contributed by atoms with Gasteiger partial charge in [0.25, 0.3) is 0 Å². The number of amides is 1. The van der Waals surface area contributed by atoms with Crippen LogP contribution in [0.25, 0.3) is 0 Å². The van der Waals surface area contributed by atoms with Crippen molar-refractivity contribution in [3.63, 3.8) is 0 Å². The molecule has 24 heavy (non-hydrogen) atoms. The van der Waals surface area contributed by atoms with Crippen molar-refractivity contribution in [2.75, 3.05) is 20.0 Å². The predicted octanol–water partition coefficient (Wildman–Crippen LogP) is 3.39. The summed E-state index contributed by atoms with van der Waals surface area (Å²) in [6.45, 7) is 0.473. The standard InChI is InChI=1S/C18H20FNO3S/c1-22-15-6-3-13(4-7-15)10-20-18(21)12-24-11-14-5-8-17(23-2)16(19)9-14/h3-9H,10-12H2,1-2H3,(H,20,21). The molecule has 0 spiro atoms.